The van der Waals surface area contributed by atoms with Gasteiger partial charge in [-0.3, -0.25) is 9.69 Å². The van der Waals surface area contributed by atoms with Crippen molar-refractivity contribution in [1.29, 1.82) is 0 Å². The Bertz CT molecular complexity index is 844. The van der Waals surface area contributed by atoms with Crippen LogP contribution < -0.4 is 0 Å². The molecule has 3 nitrogen and oxygen atoms in total. The van der Waals surface area contributed by atoms with Crippen LogP contribution in [0.3, 0.4) is 0 Å². The van der Waals surface area contributed by atoms with Gasteiger partial charge in [0.1, 0.15) is 0 Å². The van der Waals surface area contributed by atoms with Crippen molar-refractivity contribution < 1.29 is 23.1 Å². The number of hydrogen-bond donors (Lipinski definition) is 1. The Hall–Kier alpha value is -1.57. The first-order chi connectivity index (χ1) is 13.2. The number of piperidine rings is 1. The van der Waals surface area contributed by atoms with Gasteiger partial charge in [0.2, 0.25) is 0 Å². The van der Waals surface area contributed by atoms with Gasteiger partial charge in [0.15, 0.2) is 0 Å². The van der Waals surface area contributed by atoms with Crippen LogP contribution in [0.5, 0.6) is 0 Å². The standard InChI is InChI=1S/C20H21ClF3NO2S/c1-2-14-4-6-17(28-14)18(25-9-7-12(8-10-25)19(26)27)13-3-5-16(21)15(11-13)20(22,23)24/h3-6,11-12,18H,2,7-10H2,1H3,(H,26,27). The summed E-state index contributed by atoms with van der Waals surface area (Å²) in [5.41, 5.74) is -0.320. The number of hydrogen-bond acceptors (Lipinski definition) is 3. The maximum absolute atomic E-state index is 13.4. The fraction of sp³-hybridized carbons (Fsp3) is 0.450. The molecule has 0 bridgehead atoms. The lowest BCUT2D eigenvalue weighted by atomic mass is 9.93. The molecule has 0 aliphatic carbocycles. The van der Waals surface area contributed by atoms with Gasteiger partial charge in [0, 0.05) is 9.75 Å². The van der Waals surface area contributed by atoms with Crippen LogP contribution in [0.15, 0.2) is 30.3 Å². The van der Waals surface area contributed by atoms with Gasteiger partial charge in [-0.05, 0) is 62.2 Å². The zero-order valence-corrected chi connectivity index (χ0v) is 16.9. The number of nitrogens with zero attached hydrogens (tertiary/aromatic N) is 1. The fourth-order valence-corrected chi connectivity index (χ4v) is 4.96. The van der Waals surface area contributed by atoms with Crippen molar-refractivity contribution in [2.45, 2.75) is 38.4 Å². The van der Waals surface area contributed by atoms with Crippen molar-refractivity contribution >= 4 is 28.9 Å². The Morgan fingerprint density at radius 1 is 1.29 bits per heavy atom. The van der Waals surface area contributed by atoms with Crippen LogP contribution in [0.1, 0.15) is 46.7 Å². The van der Waals surface area contributed by atoms with Gasteiger partial charge in [-0.25, -0.2) is 0 Å². The van der Waals surface area contributed by atoms with E-state index in [1.54, 1.807) is 17.4 Å². The highest BCUT2D eigenvalue weighted by Gasteiger charge is 2.36. The Balaban J connectivity index is 1.99. The third-order valence-corrected chi connectivity index (χ3v) is 6.77. The molecule has 0 saturated carbocycles. The average molecular weight is 432 g/mol. The Labute approximate surface area is 170 Å². The van der Waals surface area contributed by atoms with Gasteiger partial charge in [-0.2, -0.15) is 13.2 Å². The highest BCUT2D eigenvalue weighted by molar-refractivity contribution is 7.12. The summed E-state index contributed by atoms with van der Waals surface area (Å²) < 4.78 is 40.1. The summed E-state index contributed by atoms with van der Waals surface area (Å²) in [6.07, 6.45) is -2.71. The summed E-state index contributed by atoms with van der Waals surface area (Å²) in [5, 5.41) is 8.91. The maximum Gasteiger partial charge on any atom is 0.417 e. The number of aliphatic carboxylic acids is 1. The average Bonchev–Trinajstić information content (AvgIpc) is 3.11. The molecule has 3 rings (SSSR count). The van der Waals surface area contributed by atoms with Crippen LogP contribution in [-0.2, 0) is 17.4 Å². The van der Waals surface area contributed by atoms with Crippen LogP contribution in [0, 0.1) is 5.92 Å². The van der Waals surface area contributed by atoms with Gasteiger partial charge in [-0.15, -0.1) is 11.3 Å². The molecule has 1 unspecified atom stereocenters. The topological polar surface area (TPSA) is 40.5 Å². The number of rotatable bonds is 5. The number of halogens is 4. The minimum atomic E-state index is -4.53. The molecule has 2 aromatic rings. The van der Waals surface area contributed by atoms with E-state index in [1.807, 2.05) is 19.1 Å². The first-order valence-corrected chi connectivity index (χ1v) is 10.3. The van der Waals surface area contributed by atoms with Crippen molar-refractivity contribution in [2.24, 2.45) is 5.92 Å². The fourth-order valence-electron chi connectivity index (χ4n) is 3.62. The second-order valence-electron chi connectivity index (χ2n) is 6.95. The molecule has 0 spiro atoms. The number of benzene rings is 1. The molecular weight excluding hydrogens is 411 g/mol. The first kappa shape index (κ1) is 21.1. The molecular formula is C20H21ClF3NO2S. The highest BCUT2D eigenvalue weighted by Crippen LogP contribution is 2.41. The lowest BCUT2D eigenvalue weighted by Crippen LogP contribution is -2.39. The summed E-state index contributed by atoms with van der Waals surface area (Å²) in [6.45, 7) is 3.07. The second-order valence-corrected chi connectivity index (χ2v) is 8.55. The molecule has 1 saturated heterocycles. The summed E-state index contributed by atoms with van der Waals surface area (Å²) in [7, 11) is 0. The number of carboxylic acid groups (broad SMARTS) is 1. The van der Waals surface area contributed by atoms with E-state index in [0.29, 0.717) is 31.5 Å². The van der Waals surface area contributed by atoms with Crippen LogP contribution in [0.4, 0.5) is 13.2 Å². The molecule has 2 heterocycles. The Morgan fingerprint density at radius 2 is 1.96 bits per heavy atom. The van der Waals surface area contributed by atoms with E-state index in [0.717, 1.165) is 22.2 Å². The van der Waals surface area contributed by atoms with Gasteiger partial charge in [-0.1, -0.05) is 24.6 Å². The quantitative estimate of drug-likeness (QED) is 0.643. The van der Waals surface area contributed by atoms with Gasteiger partial charge >= 0.3 is 12.1 Å². The molecule has 1 atom stereocenters. The van der Waals surface area contributed by atoms with Crippen molar-refractivity contribution in [1.82, 2.24) is 4.90 Å². The molecule has 0 radical (unpaired) electrons. The van der Waals surface area contributed by atoms with Crippen molar-refractivity contribution in [3.05, 3.63) is 56.2 Å². The number of alkyl halides is 3. The number of carboxylic acids is 1. The van der Waals surface area contributed by atoms with E-state index in [4.69, 9.17) is 11.6 Å². The number of carbonyl (C=O) groups is 1. The van der Waals surface area contributed by atoms with E-state index in [-0.39, 0.29) is 11.1 Å². The molecule has 1 aliphatic heterocycles. The van der Waals surface area contributed by atoms with Gasteiger partial charge in [0.25, 0.3) is 0 Å². The van der Waals surface area contributed by atoms with Crippen LogP contribution in [0.2, 0.25) is 5.02 Å². The van der Waals surface area contributed by atoms with Crippen LogP contribution in [-0.4, -0.2) is 29.1 Å². The predicted molar refractivity (Wildman–Crippen MR) is 104 cm³/mol. The van der Waals surface area contributed by atoms with Crippen molar-refractivity contribution in [2.75, 3.05) is 13.1 Å². The highest BCUT2D eigenvalue weighted by atomic mass is 35.5. The summed E-state index contributed by atoms with van der Waals surface area (Å²) in [4.78, 5) is 15.4. The lowest BCUT2D eigenvalue weighted by molar-refractivity contribution is -0.143. The van der Waals surface area contributed by atoms with E-state index >= 15 is 0 Å². The second kappa shape index (κ2) is 8.43. The molecule has 1 aromatic heterocycles. The zero-order valence-electron chi connectivity index (χ0n) is 15.3. The van der Waals surface area contributed by atoms with Crippen molar-refractivity contribution in [3.63, 3.8) is 0 Å². The molecule has 1 fully saturated rings. The van der Waals surface area contributed by atoms with E-state index in [1.165, 1.54) is 6.07 Å². The van der Waals surface area contributed by atoms with E-state index in [9.17, 15) is 23.1 Å². The lowest BCUT2D eigenvalue weighted by Gasteiger charge is -2.36. The van der Waals surface area contributed by atoms with Gasteiger partial charge in [0.05, 0.1) is 22.5 Å². The molecule has 1 aromatic carbocycles. The molecule has 8 heteroatoms. The van der Waals surface area contributed by atoms with Gasteiger partial charge < -0.3 is 5.11 Å². The number of thiophene rings is 1. The third-order valence-electron chi connectivity index (χ3n) is 5.16. The Kier molecular flexibility index (Phi) is 6.37. The minimum absolute atomic E-state index is 0.319. The summed E-state index contributed by atoms with van der Waals surface area (Å²) >= 11 is 7.38. The van der Waals surface area contributed by atoms with E-state index in [2.05, 4.69) is 4.90 Å². The monoisotopic (exact) mass is 431 g/mol. The van der Waals surface area contributed by atoms with Crippen molar-refractivity contribution in [3.8, 4) is 0 Å². The maximum atomic E-state index is 13.4. The molecule has 1 aliphatic rings. The minimum Gasteiger partial charge on any atom is -0.481 e. The summed E-state index contributed by atoms with van der Waals surface area (Å²) in [6, 6.07) is 7.67. The number of aryl methyl sites for hydroxylation is 1. The number of likely N-dealkylation sites (tertiary alicyclic amines) is 1. The third kappa shape index (κ3) is 4.53. The van der Waals surface area contributed by atoms with E-state index < -0.39 is 23.6 Å². The normalized spacial score (nSPS) is 17.6. The summed E-state index contributed by atoms with van der Waals surface area (Å²) in [5.74, 6) is -1.21. The molecule has 152 valence electrons. The SMILES string of the molecule is CCc1ccc(C(c2ccc(Cl)c(C(F)(F)F)c2)N2CCC(C(=O)O)CC2)s1. The largest absolute Gasteiger partial charge is 0.481 e. The molecule has 0 amide bonds. The zero-order chi connectivity index (χ0) is 20.5. The first-order valence-electron chi connectivity index (χ1n) is 9.12. The smallest absolute Gasteiger partial charge is 0.417 e. The molecule has 28 heavy (non-hydrogen) atoms. The Morgan fingerprint density at radius 3 is 2.50 bits per heavy atom. The van der Waals surface area contributed by atoms with Crippen LogP contribution in [0.25, 0.3) is 0 Å². The molecule has 1 N–H and O–H groups in total. The predicted octanol–water partition coefficient (Wildman–Crippen LogP) is 5.87. The van der Waals surface area contributed by atoms with Crippen LogP contribution >= 0.6 is 22.9 Å².